The zero-order valence-corrected chi connectivity index (χ0v) is 9.54. The molecule has 1 aromatic carbocycles. The highest BCUT2D eigenvalue weighted by Crippen LogP contribution is 2.31. The number of anilines is 1. The Morgan fingerprint density at radius 2 is 1.72 bits per heavy atom. The Bertz CT molecular complexity index is 692. The molecule has 0 fully saturated rings. The number of para-hydroxylation sites is 1. The average molecular weight is 238 g/mol. The lowest BCUT2D eigenvalue weighted by molar-refractivity contribution is -0.119. The Morgan fingerprint density at radius 1 is 1.06 bits per heavy atom. The first-order chi connectivity index (χ1) is 8.72. The molecule has 4 heteroatoms. The van der Waals surface area contributed by atoms with E-state index in [1.54, 1.807) is 17.0 Å². The highest BCUT2D eigenvalue weighted by molar-refractivity contribution is 6.30. The van der Waals surface area contributed by atoms with E-state index in [1.807, 2.05) is 24.3 Å². The lowest BCUT2D eigenvalue weighted by Crippen LogP contribution is -2.29. The maximum Gasteiger partial charge on any atom is 0.258 e. The van der Waals surface area contributed by atoms with Crippen LogP contribution in [0.2, 0.25) is 0 Å². The minimum Gasteiger partial charge on any atom is -0.322 e. The smallest absolute Gasteiger partial charge is 0.258 e. The quantitative estimate of drug-likeness (QED) is 0.752. The summed E-state index contributed by atoms with van der Waals surface area (Å²) in [6, 6.07) is 7.57. The number of carbonyl (C=O) groups is 2. The zero-order valence-electron chi connectivity index (χ0n) is 9.54. The van der Waals surface area contributed by atoms with E-state index < -0.39 is 0 Å². The van der Waals surface area contributed by atoms with Crippen molar-refractivity contribution in [2.75, 3.05) is 4.90 Å². The molecule has 18 heavy (non-hydrogen) atoms. The van der Waals surface area contributed by atoms with E-state index in [0.717, 1.165) is 10.9 Å². The van der Waals surface area contributed by atoms with Gasteiger partial charge >= 0.3 is 0 Å². The fourth-order valence-corrected chi connectivity index (χ4v) is 2.15. The molecule has 0 bridgehead atoms. The third kappa shape index (κ3) is 1.32. The van der Waals surface area contributed by atoms with Gasteiger partial charge in [-0.1, -0.05) is 24.8 Å². The van der Waals surface area contributed by atoms with Crippen molar-refractivity contribution >= 4 is 34.6 Å². The van der Waals surface area contributed by atoms with Gasteiger partial charge in [0.2, 0.25) is 0 Å². The van der Waals surface area contributed by atoms with Gasteiger partial charge in [-0.15, -0.1) is 0 Å². The lowest BCUT2D eigenvalue weighted by atomic mass is 10.2. The lowest BCUT2D eigenvalue weighted by Gasteiger charge is -2.11. The second-order valence-corrected chi connectivity index (χ2v) is 3.97. The molecule has 0 unspecified atom stereocenters. The normalized spacial score (nSPS) is 14.8. The first-order valence-corrected chi connectivity index (χ1v) is 5.50. The number of carbonyl (C=O) groups excluding carboxylic acids is 2. The maximum atomic E-state index is 11.7. The van der Waals surface area contributed by atoms with Gasteiger partial charge < -0.3 is 4.57 Å². The van der Waals surface area contributed by atoms with E-state index in [-0.39, 0.29) is 11.8 Å². The predicted molar refractivity (Wildman–Crippen MR) is 70.0 cm³/mol. The second kappa shape index (κ2) is 3.70. The van der Waals surface area contributed by atoms with Gasteiger partial charge in [0.15, 0.2) is 0 Å². The first-order valence-electron chi connectivity index (χ1n) is 5.50. The number of fused-ring (bicyclic) bond motifs is 1. The Balaban J connectivity index is 2.27. The molecule has 1 aliphatic rings. The van der Waals surface area contributed by atoms with Crippen LogP contribution in [0.5, 0.6) is 0 Å². The molecule has 0 radical (unpaired) electrons. The van der Waals surface area contributed by atoms with Crippen molar-refractivity contribution in [3.8, 4) is 0 Å². The van der Waals surface area contributed by atoms with Crippen molar-refractivity contribution in [1.29, 1.82) is 0 Å². The van der Waals surface area contributed by atoms with Crippen molar-refractivity contribution in [2.24, 2.45) is 0 Å². The minimum atomic E-state index is -0.313. The summed E-state index contributed by atoms with van der Waals surface area (Å²) in [6.45, 7) is 3.72. The topological polar surface area (TPSA) is 42.3 Å². The number of imide groups is 1. The van der Waals surface area contributed by atoms with Crippen LogP contribution >= 0.6 is 0 Å². The first kappa shape index (κ1) is 10.5. The molecule has 0 spiro atoms. The fourth-order valence-electron chi connectivity index (χ4n) is 2.15. The van der Waals surface area contributed by atoms with Gasteiger partial charge in [-0.2, -0.15) is 0 Å². The third-order valence-electron chi connectivity index (χ3n) is 2.97. The molecule has 0 saturated heterocycles. The van der Waals surface area contributed by atoms with Crippen molar-refractivity contribution in [1.82, 2.24) is 4.57 Å². The van der Waals surface area contributed by atoms with Gasteiger partial charge in [0.05, 0.1) is 11.2 Å². The maximum absolute atomic E-state index is 11.7. The molecule has 1 aromatic heterocycles. The van der Waals surface area contributed by atoms with E-state index in [9.17, 15) is 9.59 Å². The number of hydrogen-bond acceptors (Lipinski definition) is 2. The fraction of sp³-hybridized carbons (Fsp3) is 0. The summed E-state index contributed by atoms with van der Waals surface area (Å²) < 4.78 is 1.80. The molecule has 3 rings (SSSR count). The molecular formula is C14H10N2O2. The molecule has 0 saturated carbocycles. The second-order valence-electron chi connectivity index (χ2n) is 3.97. The summed E-state index contributed by atoms with van der Waals surface area (Å²) in [5.74, 6) is -0.626. The van der Waals surface area contributed by atoms with E-state index in [1.165, 1.54) is 17.1 Å². The number of hydrogen-bond donors (Lipinski definition) is 0. The number of benzene rings is 1. The summed E-state index contributed by atoms with van der Waals surface area (Å²) in [4.78, 5) is 24.6. The molecule has 0 aliphatic carbocycles. The number of amides is 2. The molecule has 0 N–H and O–H groups in total. The SMILES string of the molecule is C=Cn1cc(N2C(=O)C=CC2=O)c2ccccc21. The van der Waals surface area contributed by atoms with E-state index in [0.29, 0.717) is 5.69 Å². The summed E-state index contributed by atoms with van der Waals surface area (Å²) in [6.07, 6.45) is 5.94. The van der Waals surface area contributed by atoms with Crippen molar-refractivity contribution in [3.05, 3.63) is 49.2 Å². The largest absolute Gasteiger partial charge is 0.322 e. The van der Waals surface area contributed by atoms with Crippen LogP contribution in [0.3, 0.4) is 0 Å². The predicted octanol–water partition coefficient (Wildman–Crippen LogP) is 2.17. The zero-order chi connectivity index (χ0) is 12.7. The Labute approximate surface area is 103 Å². The van der Waals surface area contributed by atoms with Gasteiger partial charge in [-0.3, -0.25) is 9.59 Å². The van der Waals surface area contributed by atoms with Crippen LogP contribution in [0, 0.1) is 0 Å². The Hall–Kier alpha value is -2.62. The van der Waals surface area contributed by atoms with Crippen molar-refractivity contribution in [2.45, 2.75) is 0 Å². The monoisotopic (exact) mass is 238 g/mol. The van der Waals surface area contributed by atoms with Crippen LogP contribution in [0.25, 0.3) is 17.1 Å². The van der Waals surface area contributed by atoms with E-state index >= 15 is 0 Å². The van der Waals surface area contributed by atoms with Crippen LogP contribution in [0.4, 0.5) is 5.69 Å². The summed E-state index contributed by atoms with van der Waals surface area (Å²) in [5.41, 5.74) is 1.50. The molecule has 2 amide bonds. The van der Waals surface area contributed by atoms with Crippen LogP contribution in [0.1, 0.15) is 0 Å². The van der Waals surface area contributed by atoms with Gasteiger partial charge in [-0.25, -0.2) is 4.90 Å². The van der Waals surface area contributed by atoms with Gasteiger partial charge in [-0.05, 0) is 6.07 Å². The number of aromatic nitrogens is 1. The van der Waals surface area contributed by atoms with Gasteiger partial charge in [0, 0.05) is 29.9 Å². The summed E-state index contributed by atoms with van der Waals surface area (Å²) in [5, 5.41) is 0.850. The number of rotatable bonds is 2. The average Bonchev–Trinajstić information content (AvgIpc) is 2.90. The molecule has 2 aromatic rings. The summed E-state index contributed by atoms with van der Waals surface area (Å²) in [7, 11) is 0. The summed E-state index contributed by atoms with van der Waals surface area (Å²) >= 11 is 0. The number of nitrogens with zero attached hydrogens (tertiary/aromatic N) is 2. The molecule has 4 nitrogen and oxygen atoms in total. The molecule has 2 heterocycles. The van der Waals surface area contributed by atoms with Crippen LogP contribution < -0.4 is 4.90 Å². The Morgan fingerprint density at radius 3 is 2.39 bits per heavy atom. The highest BCUT2D eigenvalue weighted by Gasteiger charge is 2.27. The minimum absolute atomic E-state index is 0.313. The van der Waals surface area contributed by atoms with Gasteiger partial charge in [0.1, 0.15) is 0 Å². The molecule has 1 aliphatic heterocycles. The molecule has 88 valence electrons. The third-order valence-corrected chi connectivity index (χ3v) is 2.97. The molecule has 0 atom stereocenters. The van der Waals surface area contributed by atoms with Crippen molar-refractivity contribution in [3.63, 3.8) is 0 Å². The van der Waals surface area contributed by atoms with Crippen LogP contribution in [-0.2, 0) is 9.59 Å². The van der Waals surface area contributed by atoms with Crippen LogP contribution in [-0.4, -0.2) is 16.4 Å². The van der Waals surface area contributed by atoms with Crippen molar-refractivity contribution < 1.29 is 9.59 Å². The highest BCUT2D eigenvalue weighted by atomic mass is 16.2. The molecular weight excluding hydrogens is 228 g/mol. The standard InChI is InChI=1S/C14H10N2O2/c1-2-15-9-12(10-5-3-4-6-11(10)15)16-13(17)7-8-14(16)18/h2-9H,1H2. The van der Waals surface area contributed by atoms with Gasteiger partial charge in [0.25, 0.3) is 11.8 Å². The van der Waals surface area contributed by atoms with E-state index in [4.69, 9.17) is 0 Å². The van der Waals surface area contributed by atoms with E-state index in [2.05, 4.69) is 6.58 Å². The Kier molecular flexibility index (Phi) is 2.16. The van der Waals surface area contributed by atoms with Crippen LogP contribution in [0.15, 0.2) is 49.2 Å².